The van der Waals surface area contributed by atoms with Crippen LogP contribution < -0.4 is 5.32 Å². The third-order valence-corrected chi connectivity index (χ3v) is 3.27. The number of aliphatic hydroxyl groups is 1. The van der Waals surface area contributed by atoms with Gasteiger partial charge in [-0.3, -0.25) is 4.98 Å². The first-order valence-electron chi connectivity index (χ1n) is 5.48. The van der Waals surface area contributed by atoms with E-state index in [1.54, 1.807) is 6.20 Å². The zero-order valence-electron chi connectivity index (χ0n) is 9.70. The summed E-state index contributed by atoms with van der Waals surface area (Å²) in [5.74, 6) is 0.646. The van der Waals surface area contributed by atoms with Crippen molar-refractivity contribution in [3.05, 3.63) is 17.5 Å². The van der Waals surface area contributed by atoms with Gasteiger partial charge >= 0.3 is 0 Å². The van der Waals surface area contributed by atoms with E-state index >= 15 is 0 Å². The molecule has 0 aliphatic carbocycles. The first kappa shape index (κ1) is 13.2. The van der Waals surface area contributed by atoms with Gasteiger partial charge in [-0.15, -0.1) is 0 Å². The van der Waals surface area contributed by atoms with E-state index in [2.05, 4.69) is 29.1 Å². The predicted molar refractivity (Wildman–Crippen MR) is 65.6 cm³/mol. The van der Waals surface area contributed by atoms with Gasteiger partial charge in [-0.2, -0.15) is 0 Å². The summed E-state index contributed by atoms with van der Waals surface area (Å²) in [6.45, 7) is 4.99. The summed E-state index contributed by atoms with van der Waals surface area (Å²) >= 11 is 5.73. The largest absolute Gasteiger partial charge is 0.396 e. The van der Waals surface area contributed by atoms with E-state index in [0.717, 1.165) is 12.8 Å². The summed E-state index contributed by atoms with van der Waals surface area (Å²) < 4.78 is 0. The van der Waals surface area contributed by atoms with Gasteiger partial charge in [-0.25, -0.2) is 4.98 Å². The molecule has 0 saturated heterocycles. The number of aromatic nitrogens is 2. The van der Waals surface area contributed by atoms with E-state index in [-0.39, 0.29) is 12.0 Å². The molecule has 0 spiro atoms. The van der Waals surface area contributed by atoms with Crippen LogP contribution in [-0.2, 0) is 0 Å². The molecule has 2 N–H and O–H groups in total. The minimum Gasteiger partial charge on any atom is -0.396 e. The number of halogens is 1. The Kier molecular flexibility index (Phi) is 4.96. The van der Waals surface area contributed by atoms with Crippen LogP contribution in [0.4, 0.5) is 5.82 Å². The van der Waals surface area contributed by atoms with Gasteiger partial charge in [0.15, 0.2) is 0 Å². The smallest absolute Gasteiger partial charge is 0.149 e. The van der Waals surface area contributed by atoms with Crippen LogP contribution >= 0.6 is 11.6 Å². The number of nitrogens with zero attached hydrogens (tertiary/aromatic N) is 2. The highest BCUT2D eigenvalue weighted by atomic mass is 35.5. The summed E-state index contributed by atoms with van der Waals surface area (Å²) in [5, 5.41) is 12.9. The summed E-state index contributed by atoms with van der Waals surface area (Å²) in [4.78, 5) is 8.03. The van der Waals surface area contributed by atoms with E-state index < -0.39 is 0 Å². The van der Waals surface area contributed by atoms with Gasteiger partial charge in [-0.1, -0.05) is 25.4 Å². The van der Waals surface area contributed by atoms with Gasteiger partial charge in [-0.05, 0) is 12.8 Å². The van der Waals surface area contributed by atoms with Crippen LogP contribution in [0.3, 0.4) is 0 Å². The fourth-order valence-electron chi connectivity index (χ4n) is 1.48. The van der Waals surface area contributed by atoms with Gasteiger partial charge in [0.05, 0.1) is 19.0 Å². The lowest BCUT2D eigenvalue weighted by molar-refractivity contribution is 0.127. The highest BCUT2D eigenvalue weighted by molar-refractivity contribution is 6.29. The van der Waals surface area contributed by atoms with Crippen molar-refractivity contribution in [2.45, 2.75) is 26.7 Å². The average Bonchev–Trinajstić information content (AvgIpc) is 2.32. The van der Waals surface area contributed by atoms with Gasteiger partial charge in [0, 0.05) is 12.0 Å². The monoisotopic (exact) mass is 243 g/mol. The SMILES string of the molecule is CCC(CC)(CO)CNc1cncc(Cl)n1. The molecule has 1 aromatic rings. The number of anilines is 1. The van der Waals surface area contributed by atoms with Gasteiger partial charge in [0.2, 0.25) is 0 Å². The van der Waals surface area contributed by atoms with Crippen molar-refractivity contribution in [3.63, 3.8) is 0 Å². The van der Waals surface area contributed by atoms with Crippen LogP contribution in [0.5, 0.6) is 0 Å². The number of aliphatic hydroxyl groups excluding tert-OH is 1. The molecule has 0 radical (unpaired) electrons. The molecule has 0 aromatic carbocycles. The number of rotatable bonds is 6. The molecule has 0 unspecified atom stereocenters. The van der Waals surface area contributed by atoms with Crippen molar-refractivity contribution in [1.82, 2.24) is 9.97 Å². The molecule has 90 valence electrons. The Morgan fingerprint density at radius 1 is 1.38 bits per heavy atom. The van der Waals surface area contributed by atoms with Crippen LogP contribution in [0.1, 0.15) is 26.7 Å². The standard InChI is InChI=1S/C11H18ClN3O/c1-3-11(4-2,8-16)7-14-10-6-13-5-9(12)15-10/h5-6,16H,3-4,7-8H2,1-2H3,(H,14,15). The maximum atomic E-state index is 9.41. The second kappa shape index (κ2) is 6.01. The Bertz CT molecular complexity index is 320. The summed E-state index contributed by atoms with van der Waals surface area (Å²) in [6.07, 6.45) is 4.95. The highest BCUT2D eigenvalue weighted by Gasteiger charge is 2.24. The normalized spacial score (nSPS) is 11.5. The topological polar surface area (TPSA) is 58.0 Å². The first-order valence-corrected chi connectivity index (χ1v) is 5.86. The van der Waals surface area contributed by atoms with Crippen LogP contribution in [-0.4, -0.2) is 28.2 Å². The van der Waals surface area contributed by atoms with E-state index in [1.807, 2.05) is 0 Å². The molecule has 0 atom stereocenters. The Hall–Kier alpha value is -0.870. The van der Waals surface area contributed by atoms with E-state index in [4.69, 9.17) is 11.6 Å². The van der Waals surface area contributed by atoms with Crippen LogP contribution in [0.25, 0.3) is 0 Å². The molecule has 5 heteroatoms. The molecular weight excluding hydrogens is 226 g/mol. The molecule has 1 aromatic heterocycles. The third kappa shape index (κ3) is 3.32. The zero-order chi connectivity index (χ0) is 12.0. The second-order valence-electron chi connectivity index (χ2n) is 3.95. The quantitative estimate of drug-likeness (QED) is 0.805. The van der Waals surface area contributed by atoms with Crippen molar-refractivity contribution in [3.8, 4) is 0 Å². The van der Waals surface area contributed by atoms with E-state index in [9.17, 15) is 5.11 Å². The predicted octanol–water partition coefficient (Wildman–Crippen LogP) is 2.34. The van der Waals surface area contributed by atoms with Crippen molar-refractivity contribution in [2.75, 3.05) is 18.5 Å². The summed E-state index contributed by atoms with van der Waals surface area (Å²) in [6, 6.07) is 0. The molecule has 0 bridgehead atoms. The van der Waals surface area contributed by atoms with Crippen molar-refractivity contribution in [2.24, 2.45) is 5.41 Å². The zero-order valence-corrected chi connectivity index (χ0v) is 10.5. The number of hydrogen-bond donors (Lipinski definition) is 2. The first-order chi connectivity index (χ1) is 7.65. The Morgan fingerprint density at radius 3 is 2.56 bits per heavy atom. The van der Waals surface area contributed by atoms with Gasteiger partial charge < -0.3 is 10.4 Å². The van der Waals surface area contributed by atoms with Crippen LogP contribution in [0, 0.1) is 5.41 Å². The molecule has 1 heterocycles. The molecule has 0 amide bonds. The number of hydrogen-bond acceptors (Lipinski definition) is 4. The molecular formula is C11H18ClN3O. The van der Waals surface area contributed by atoms with Crippen molar-refractivity contribution < 1.29 is 5.11 Å². The maximum Gasteiger partial charge on any atom is 0.149 e. The summed E-state index contributed by atoms with van der Waals surface area (Å²) in [5.41, 5.74) is -0.0933. The minimum atomic E-state index is -0.0933. The van der Waals surface area contributed by atoms with Crippen LogP contribution in [0.2, 0.25) is 5.15 Å². The Balaban J connectivity index is 2.62. The fourth-order valence-corrected chi connectivity index (χ4v) is 1.63. The molecule has 0 aliphatic rings. The lowest BCUT2D eigenvalue weighted by atomic mass is 9.83. The molecule has 0 fully saturated rings. The number of nitrogens with one attached hydrogen (secondary N) is 1. The lowest BCUT2D eigenvalue weighted by Gasteiger charge is -2.29. The Labute approximate surface area is 101 Å². The third-order valence-electron chi connectivity index (χ3n) is 3.09. The molecule has 0 saturated carbocycles. The highest BCUT2D eigenvalue weighted by Crippen LogP contribution is 2.25. The fraction of sp³-hybridized carbons (Fsp3) is 0.636. The van der Waals surface area contributed by atoms with Gasteiger partial charge in [0.25, 0.3) is 0 Å². The average molecular weight is 244 g/mol. The minimum absolute atomic E-state index is 0.0933. The second-order valence-corrected chi connectivity index (χ2v) is 4.33. The molecule has 1 rings (SSSR count). The lowest BCUT2D eigenvalue weighted by Crippen LogP contribution is -2.32. The molecule has 0 aliphatic heterocycles. The van der Waals surface area contributed by atoms with E-state index in [1.165, 1.54) is 6.20 Å². The maximum absolute atomic E-state index is 9.41. The van der Waals surface area contributed by atoms with Gasteiger partial charge in [0.1, 0.15) is 11.0 Å². The Morgan fingerprint density at radius 2 is 2.06 bits per heavy atom. The van der Waals surface area contributed by atoms with Crippen molar-refractivity contribution >= 4 is 17.4 Å². The van der Waals surface area contributed by atoms with Crippen LogP contribution in [0.15, 0.2) is 12.4 Å². The molecule has 4 nitrogen and oxygen atoms in total. The van der Waals surface area contributed by atoms with E-state index in [0.29, 0.717) is 17.5 Å². The summed E-state index contributed by atoms with van der Waals surface area (Å²) in [7, 11) is 0. The molecule has 16 heavy (non-hydrogen) atoms. The van der Waals surface area contributed by atoms with Crippen molar-refractivity contribution in [1.29, 1.82) is 0 Å².